The largest absolute Gasteiger partial charge is 0.399 e. The molecule has 1 fully saturated rings. The number of nitrogens with zero attached hydrogens (tertiary/aromatic N) is 1. The molecular formula is C13H19N3O. The van der Waals surface area contributed by atoms with Gasteiger partial charge in [-0.15, -0.1) is 0 Å². The Kier molecular flexibility index (Phi) is 3.61. The van der Waals surface area contributed by atoms with Crippen LogP contribution >= 0.6 is 0 Å². The Balaban J connectivity index is 1.85. The molecule has 0 bridgehead atoms. The summed E-state index contributed by atoms with van der Waals surface area (Å²) in [5.41, 5.74) is 6.58. The molecule has 1 aliphatic rings. The van der Waals surface area contributed by atoms with Crippen molar-refractivity contribution in [1.29, 1.82) is 0 Å². The summed E-state index contributed by atoms with van der Waals surface area (Å²) in [6, 6.07) is 3.28. The van der Waals surface area contributed by atoms with E-state index in [1.165, 1.54) is 19.3 Å². The predicted molar refractivity (Wildman–Crippen MR) is 67.5 cm³/mol. The maximum absolute atomic E-state index is 11.8. The first-order valence-corrected chi connectivity index (χ1v) is 6.15. The van der Waals surface area contributed by atoms with Crippen LogP contribution in [0, 0.1) is 11.8 Å². The first kappa shape index (κ1) is 11.9. The van der Waals surface area contributed by atoms with Gasteiger partial charge < -0.3 is 11.1 Å². The second-order valence-electron chi connectivity index (χ2n) is 4.97. The monoisotopic (exact) mass is 233 g/mol. The minimum Gasteiger partial charge on any atom is -0.399 e. The first-order valence-electron chi connectivity index (χ1n) is 6.15. The van der Waals surface area contributed by atoms with Crippen LogP contribution in [0.2, 0.25) is 0 Å². The molecular weight excluding hydrogens is 214 g/mol. The van der Waals surface area contributed by atoms with Crippen LogP contribution in [0.3, 0.4) is 0 Å². The molecule has 17 heavy (non-hydrogen) atoms. The Hall–Kier alpha value is -1.58. The quantitative estimate of drug-likeness (QED) is 0.837. The fourth-order valence-electron chi connectivity index (χ4n) is 2.41. The lowest BCUT2D eigenvalue weighted by Gasteiger charge is -2.10. The molecule has 1 aromatic rings. The topological polar surface area (TPSA) is 68.0 Å². The van der Waals surface area contributed by atoms with Gasteiger partial charge in [0.2, 0.25) is 0 Å². The van der Waals surface area contributed by atoms with Gasteiger partial charge in [-0.1, -0.05) is 13.3 Å². The van der Waals surface area contributed by atoms with Crippen LogP contribution in [-0.4, -0.2) is 17.4 Å². The second-order valence-corrected chi connectivity index (χ2v) is 4.97. The molecule has 1 aromatic heterocycles. The van der Waals surface area contributed by atoms with E-state index in [0.717, 1.165) is 12.5 Å². The number of nitrogen functional groups attached to an aromatic ring is 1. The molecule has 92 valence electrons. The Morgan fingerprint density at radius 1 is 1.59 bits per heavy atom. The smallest absolute Gasteiger partial charge is 0.269 e. The average molecular weight is 233 g/mol. The summed E-state index contributed by atoms with van der Waals surface area (Å²) in [5.74, 6) is 1.29. The van der Waals surface area contributed by atoms with E-state index in [2.05, 4.69) is 17.2 Å². The number of amides is 1. The Labute approximate surface area is 102 Å². The summed E-state index contributed by atoms with van der Waals surface area (Å²) >= 11 is 0. The van der Waals surface area contributed by atoms with Crippen LogP contribution in [0.25, 0.3) is 0 Å². The zero-order valence-electron chi connectivity index (χ0n) is 10.1. The molecule has 1 aliphatic carbocycles. The number of nitrogens with one attached hydrogen (secondary N) is 1. The van der Waals surface area contributed by atoms with Gasteiger partial charge in [-0.2, -0.15) is 0 Å². The van der Waals surface area contributed by atoms with Gasteiger partial charge in [0, 0.05) is 18.4 Å². The summed E-state index contributed by atoms with van der Waals surface area (Å²) in [6.07, 6.45) is 5.26. The fraction of sp³-hybridized carbons (Fsp3) is 0.538. The number of anilines is 1. The van der Waals surface area contributed by atoms with Crippen LogP contribution in [-0.2, 0) is 0 Å². The number of pyridine rings is 1. The summed E-state index contributed by atoms with van der Waals surface area (Å²) in [6.45, 7) is 3.01. The lowest BCUT2D eigenvalue weighted by molar-refractivity contribution is 0.0942. The van der Waals surface area contributed by atoms with Crippen molar-refractivity contribution in [3.05, 3.63) is 24.0 Å². The molecule has 1 saturated carbocycles. The third-order valence-electron chi connectivity index (χ3n) is 3.37. The third kappa shape index (κ3) is 3.19. The standard InChI is InChI=1S/C13H19N3O/c1-9-2-3-10(6-9)8-16-13(17)12-7-11(14)4-5-15-12/h4-5,7,9-10H,2-3,6,8H2,1H3,(H2,14,15)(H,16,17). The highest BCUT2D eigenvalue weighted by Gasteiger charge is 2.21. The van der Waals surface area contributed by atoms with Crippen LogP contribution in [0.5, 0.6) is 0 Å². The highest BCUT2D eigenvalue weighted by atomic mass is 16.1. The number of nitrogens with two attached hydrogens (primary N) is 1. The van der Waals surface area contributed by atoms with E-state index in [-0.39, 0.29) is 5.91 Å². The van der Waals surface area contributed by atoms with E-state index in [1.807, 2.05) is 0 Å². The molecule has 0 spiro atoms. The Morgan fingerprint density at radius 2 is 2.41 bits per heavy atom. The van der Waals surface area contributed by atoms with Crippen molar-refractivity contribution in [3.63, 3.8) is 0 Å². The van der Waals surface area contributed by atoms with Crippen LogP contribution < -0.4 is 11.1 Å². The number of rotatable bonds is 3. The van der Waals surface area contributed by atoms with Gasteiger partial charge in [0.05, 0.1) is 0 Å². The fourth-order valence-corrected chi connectivity index (χ4v) is 2.41. The van der Waals surface area contributed by atoms with E-state index >= 15 is 0 Å². The van der Waals surface area contributed by atoms with E-state index in [4.69, 9.17) is 5.73 Å². The molecule has 1 heterocycles. The van der Waals surface area contributed by atoms with Crippen LogP contribution in [0.4, 0.5) is 5.69 Å². The number of aromatic nitrogens is 1. The lowest BCUT2D eigenvalue weighted by Crippen LogP contribution is -2.29. The molecule has 2 rings (SSSR count). The van der Waals surface area contributed by atoms with Crippen molar-refractivity contribution >= 4 is 11.6 Å². The highest BCUT2D eigenvalue weighted by molar-refractivity contribution is 5.92. The van der Waals surface area contributed by atoms with E-state index in [9.17, 15) is 4.79 Å². The molecule has 0 aromatic carbocycles. The first-order chi connectivity index (χ1) is 8.15. The van der Waals surface area contributed by atoms with E-state index in [0.29, 0.717) is 17.3 Å². The predicted octanol–water partition coefficient (Wildman–Crippen LogP) is 1.83. The molecule has 3 N–H and O–H groups in total. The molecule has 4 heteroatoms. The van der Waals surface area contributed by atoms with Gasteiger partial charge in [0.15, 0.2) is 0 Å². The number of carbonyl (C=O) groups is 1. The number of hydrogen-bond donors (Lipinski definition) is 2. The molecule has 0 radical (unpaired) electrons. The van der Waals surface area contributed by atoms with Crippen molar-refractivity contribution in [2.75, 3.05) is 12.3 Å². The third-order valence-corrected chi connectivity index (χ3v) is 3.37. The Morgan fingerprint density at radius 3 is 3.06 bits per heavy atom. The van der Waals surface area contributed by atoms with Crippen molar-refractivity contribution in [2.45, 2.75) is 26.2 Å². The zero-order chi connectivity index (χ0) is 12.3. The molecule has 4 nitrogen and oxygen atoms in total. The van der Waals surface area contributed by atoms with E-state index < -0.39 is 0 Å². The summed E-state index contributed by atoms with van der Waals surface area (Å²) in [4.78, 5) is 15.8. The second kappa shape index (κ2) is 5.17. The van der Waals surface area contributed by atoms with Gasteiger partial charge >= 0.3 is 0 Å². The summed E-state index contributed by atoms with van der Waals surface area (Å²) < 4.78 is 0. The van der Waals surface area contributed by atoms with Gasteiger partial charge in [-0.25, -0.2) is 0 Å². The minimum atomic E-state index is -0.128. The maximum atomic E-state index is 11.8. The normalized spacial score (nSPS) is 23.6. The van der Waals surface area contributed by atoms with Gasteiger partial charge in [-0.3, -0.25) is 9.78 Å². The van der Waals surface area contributed by atoms with Crippen molar-refractivity contribution in [2.24, 2.45) is 11.8 Å². The molecule has 0 saturated heterocycles. The molecule has 0 aliphatic heterocycles. The van der Waals surface area contributed by atoms with Gasteiger partial charge in [0.1, 0.15) is 5.69 Å². The van der Waals surface area contributed by atoms with E-state index in [1.54, 1.807) is 18.3 Å². The van der Waals surface area contributed by atoms with Crippen molar-refractivity contribution in [3.8, 4) is 0 Å². The van der Waals surface area contributed by atoms with Crippen molar-refractivity contribution < 1.29 is 4.79 Å². The molecule has 2 atom stereocenters. The summed E-state index contributed by atoms with van der Waals surface area (Å²) in [5, 5.41) is 2.93. The van der Waals surface area contributed by atoms with Crippen LogP contribution in [0.15, 0.2) is 18.3 Å². The number of hydrogen-bond acceptors (Lipinski definition) is 3. The van der Waals surface area contributed by atoms with Crippen molar-refractivity contribution in [1.82, 2.24) is 10.3 Å². The van der Waals surface area contributed by atoms with Gasteiger partial charge in [-0.05, 0) is 36.8 Å². The summed E-state index contributed by atoms with van der Waals surface area (Å²) in [7, 11) is 0. The lowest BCUT2D eigenvalue weighted by atomic mass is 10.1. The van der Waals surface area contributed by atoms with Crippen LogP contribution in [0.1, 0.15) is 36.7 Å². The Bertz CT molecular complexity index is 405. The SMILES string of the molecule is CC1CCC(CNC(=O)c2cc(N)ccn2)C1. The molecule has 1 amide bonds. The minimum absolute atomic E-state index is 0.128. The molecule has 2 unspecified atom stereocenters. The number of carbonyl (C=O) groups excluding carboxylic acids is 1. The van der Waals surface area contributed by atoms with Gasteiger partial charge in [0.25, 0.3) is 5.91 Å². The maximum Gasteiger partial charge on any atom is 0.269 e. The average Bonchev–Trinajstić information content (AvgIpc) is 2.72. The zero-order valence-corrected chi connectivity index (χ0v) is 10.1. The highest BCUT2D eigenvalue weighted by Crippen LogP contribution is 2.29.